The van der Waals surface area contributed by atoms with Gasteiger partial charge in [-0.05, 0) is 24.3 Å². The summed E-state index contributed by atoms with van der Waals surface area (Å²) in [6.45, 7) is 0. The largest absolute Gasteiger partial charge is 0.493 e. The summed E-state index contributed by atoms with van der Waals surface area (Å²) in [6, 6.07) is 11.3. The maximum atomic E-state index is 13.4. The number of aromatic nitrogens is 1. The Kier molecular flexibility index (Phi) is 5.47. The number of carbonyl (C=O) groups excluding carboxylic acids is 1. The molecule has 6 nitrogen and oxygen atoms in total. The molecule has 0 radical (unpaired) electrons. The lowest BCUT2D eigenvalue weighted by Crippen LogP contribution is -2.22. The number of hydrogen-bond acceptors (Lipinski definition) is 6. The van der Waals surface area contributed by atoms with Crippen LogP contribution < -0.4 is 15.6 Å². The van der Waals surface area contributed by atoms with E-state index < -0.39 is 17.6 Å². The average molecular weight is 445 g/mol. The molecule has 0 saturated heterocycles. The van der Waals surface area contributed by atoms with Crippen LogP contribution in [0.5, 0.6) is 5.75 Å². The standard InChI is InChI=1S/C21H14F3N3O3S/c1-29-16-8-4-5-12-11-13(18(28)27-20-25-9-10-31-20)19(30-17(12)16)26-15-7-3-2-6-14(15)21(22,23)24/h2-11H,1H3,(H,25,27,28). The van der Waals surface area contributed by atoms with Crippen molar-refractivity contribution in [3.05, 3.63) is 76.8 Å². The Balaban J connectivity index is 1.96. The predicted molar refractivity (Wildman–Crippen MR) is 110 cm³/mol. The minimum atomic E-state index is -4.63. The monoisotopic (exact) mass is 445 g/mol. The lowest BCUT2D eigenvalue weighted by atomic mass is 10.1. The number of nitrogens with one attached hydrogen (secondary N) is 1. The highest BCUT2D eigenvalue weighted by atomic mass is 32.1. The summed E-state index contributed by atoms with van der Waals surface area (Å²) in [5, 5.41) is 5.13. The number of ether oxygens (including phenoxy) is 1. The van der Waals surface area contributed by atoms with Crippen molar-refractivity contribution in [2.75, 3.05) is 12.4 Å². The van der Waals surface area contributed by atoms with Gasteiger partial charge in [-0.25, -0.2) is 9.98 Å². The van der Waals surface area contributed by atoms with E-state index in [2.05, 4.69) is 15.3 Å². The number of carbonyl (C=O) groups is 1. The van der Waals surface area contributed by atoms with Crippen LogP contribution in [0.15, 0.2) is 69.5 Å². The van der Waals surface area contributed by atoms with Gasteiger partial charge in [-0.2, -0.15) is 13.2 Å². The van der Waals surface area contributed by atoms with E-state index in [-0.39, 0.29) is 22.4 Å². The first-order valence-corrected chi connectivity index (χ1v) is 9.77. The summed E-state index contributed by atoms with van der Waals surface area (Å²) >= 11 is 1.20. The maximum absolute atomic E-state index is 13.4. The third-order valence-corrected chi connectivity index (χ3v) is 4.98. The van der Waals surface area contributed by atoms with Crippen LogP contribution in [0.2, 0.25) is 0 Å². The molecule has 2 heterocycles. The summed E-state index contributed by atoms with van der Waals surface area (Å²) in [5.41, 5.74) is -1.41. The van der Waals surface area contributed by atoms with Crippen LogP contribution >= 0.6 is 11.3 Å². The smallest absolute Gasteiger partial charge is 0.418 e. The Morgan fingerprint density at radius 1 is 1.19 bits per heavy atom. The van der Waals surface area contributed by atoms with E-state index in [9.17, 15) is 18.0 Å². The molecule has 0 saturated carbocycles. The van der Waals surface area contributed by atoms with Crippen LogP contribution in [-0.4, -0.2) is 18.0 Å². The SMILES string of the molecule is COc1cccc2cc(C(=O)Nc3nccs3)c(=Nc3ccccc3C(F)(F)F)oc12. The van der Waals surface area contributed by atoms with Crippen molar-refractivity contribution < 1.29 is 27.1 Å². The molecule has 4 rings (SSSR count). The van der Waals surface area contributed by atoms with Crippen LogP contribution in [0.4, 0.5) is 24.0 Å². The van der Waals surface area contributed by atoms with Gasteiger partial charge in [0.2, 0.25) is 5.55 Å². The van der Waals surface area contributed by atoms with Gasteiger partial charge in [-0.15, -0.1) is 11.3 Å². The zero-order valence-corrected chi connectivity index (χ0v) is 16.8. The Labute approximate surface area is 177 Å². The first-order chi connectivity index (χ1) is 14.9. The summed E-state index contributed by atoms with van der Waals surface area (Å²) in [5.74, 6) is -0.267. The topological polar surface area (TPSA) is 76.7 Å². The lowest BCUT2D eigenvalue weighted by Gasteiger charge is -2.10. The van der Waals surface area contributed by atoms with Gasteiger partial charge in [-0.1, -0.05) is 24.3 Å². The van der Waals surface area contributed by atoms with Crippen molar-refractivity contribution in [2.45, 2.75) is 6.18 Å². The molecule has 4 aromatic rings. The summed E-state index contributed by atoms with van der Waals surface area (Å²) in [7, 11) is 1.43. The molecule has 10 heteroatoms. The van der Waals surface area contributed by atoms with Crippen molar-refractivity contribution in [3.63, 3.8) is 0 Å². The van der Waals surface area contributed by atoms with E-state index in [0.717, 1.165) is 6.07 Å². The second-order valence-electron chi connectivity index (χ2n) is 6.26. The number of hydrogen-bond donors (Lipinski definition) is 1. The molecule has 0 aliphatic heterocycles. The number of rotatable bonds is 4. The maximum Gasteiger partial charge on any atom is 0.418 e. The number of anilines is 1. The second kappa shape index (κ2) is 8.23. The first kappa shape index (κ1) is 20.6. The zero-order chi connectivity index (χ0) is 22.0. The number of fused-ring (bicyclic) bond motifs is 1. The van der Waals surface area contributed by atoms with E-state index in [1.165, 1.54) is 48.9 Å². The van der Waals surface area contributed by atoms with E-state index in [1.54, 1.807) is 23.6 Å². The third kappa shape index (κ3) is 4.29. The Morgan fingerprint density at radius 3 is 2.71 bits per heavy atom. The molecule has 0 atom stereocenters. The number of amides is 1. The lowest BCUT2D eigenvalue weighted by molar-refractivity contribution is -0.137. The molecule has 1 N–H and O–H groups in total. The minimum absolute atomic E-state index is 0.0482. The highest BCUT2D eigenvalue weighted by Crippen LogP contribution is 2.36. The highest BCUT2D eigenvalue weighted by molar-refractivity contribution is 7.13. The molecule has 0 unspecified atom stereocenters. The quantitative estimate of drug-likeness (QED) is 0.456. The number of methoxy groups -OCH3 is 1. The minimum Gasteiger partial charge on any atom is -0.493 e. The normalized spacial score (nSPS) is 12.2. The molecule has 0 fully saturated rings. The zero-order valence-electron chi connectivity index (χ0n) is 15.9. The van der Waals surface area contributed by atoms with E-state index in [1.807, 2.05) is 0 Å². The van der Waals surface area contributed by atoms with Gasteiger partial charge in [0.05, 0.1) is 18.4 Å². The fraction of sp³-hybridized carbons (Fsp3) is 0.0952. The van der Waals surface area contributed by atoms with Gasteiger partial charge in [0.25, 0.3) is 5.91 Å². The molecule has 2 aromatic heterocycles. The van der Waals surface area contributed by atoms with Crippen LogP contribution in [-0.2, 0) is 6.18 Å². The van der Waals surface area contributed by atoms with Gasteiger partial charge >= 0.3 is 6.18 Å². The number of benzene rings is 2. The van der Waals surface area contributed by atoms with Gasteiger partial charge < -0.3 is 9.15 Å². The van der Waals surface area contributed by atoms with E-state index >= 15 is 0 Å². The Bertz CT molecular complexity index is 1310. The number of para-hydroxylation sites is 2. The molecule has 0 bridgehead atoms. The molecule has 0 spiro atoms. The van der Waals surface area contributed by atoms with Crippen LogP contribution in [0.3, 0.4) is 0 Å². The number of alkyl halides is 3. The van der Waals surface area contributed by atoms with E-state index in [4.69, 9.17) is 9.15 Å². The first-order valence-electron chi connectivity index (χ1n) is 8.89. The van der Waals surface area contributed by atoms with Gasteiger partial charge in [-0.3, -0.25) is 10.1 Å². The molecule has 1 amide bonds. The number of halogens is 3. The molecule has 158 valence electrons. The average Bonchev–Trinajstić information content (AvgIpc) is 3.25. The van der Waals surface area contributed by atoms with Crippen molar-refractivity contribution in [1.82, 2.24) is 4.98 Å². The van der Waals surface area contributed by atoms with Crippen LogP contribution in [0.25, 0.3) is 11.0 Å². The number of thiazole rings is 1. The van der Waals surface area contributed by atoms with E-state index in [0.29, 0.717) is 16.3 Å². The Hall–Kier alpha value is -3.66. The van der Waals surface area contributed by atoms with Crippen LogP contribution in [0.1, 0.15) is 15.9 Å². The molecular formula is C21H14F3N3O3S. The second-order valence-corrected chi connectivity index (χ2v) is 7.16. The van der Waals surface area contributed by atoms with Gasteiger partial charge in [0.15, 0.2) is 16.5 Å². The fourth-order valence-electron chi connectivity index (χ4n) is 2.90. The Morgan fingerprint density at radius 2 is 2.00 bits per heavy atom. The molecule has 31 heavy (non-hydrogen) atoms. The van der Waals surface area contributed by atoms with Gasteiger partial charge in [0.1, 0.15) is 5.56 Å². The summed E-state index contributed by atoms with van der Waals surface area (Å²) in [6.07, 6.45) is -3.11. The molecular weight excluding hydrogens is 431 g/mol. The van der Waals surface area contributed by atoms with Crippen molar-refractivity contribution in [3.8, 4) is 5.75 Å². The van der Waals surface area contributed by atoms with Crippen molar-refractivity contribution >= 4 is 39.0 Å². The highest BCUT2D eigenvalue weighted by Gasteiger charge is 2.33. The summed E-state index contributed by atoms with van der Waals surface area (Å²) < 4.78 is 51.4. The number of nitrogens with zero attached hydrogens (tertiary/aromatic N) is 2. The fourth-order valence-corrected chi connectivity index (χ4v) is 3.42. The van der Waals surface area contributed by atoms with Crippen molar-refractivity contribution in [2.24, 2.45) is 4.99 Å². The third-order valence-electron chi connectivity index (χ3n) is 4.29. The van der Waals surface area contributed by atoms with Gasteiger partial charge in [0, 0.05) is 17.0 Å². The van der Waals surface area contributed by atoms with Crippen LogP contribution in [0, 0.1) is 0 Å². The summed E-state index contributed by atoms with van der Waals surface area (Å²) in [4.78, 5) is 20.9. The molecule has 2 aromatic carbocycles. The predicted octanol–water partition coefficient (Wildman–Crippen LogP) is 5.40. The molecule has 0 aliphatic carbocycles. The van der Waals surface area contributed by atoms with Crippen molar-refractivity contribution in [1.29, 1.82) is 0 Å². The molecule has 0 aliphatic rings.